The Hall–Kier alpha value is -2.08. The second-order valence-electron chi connectivity index (χ2n) is 6.79. The summed E-state index contributed by atoms with van der Waals surface area (Å²) in [5.74, 6) is 0.830. The molecule has 0 radical (unpaired) electrons. The van der Waals surface area contributed by atoms with E-state index in [1.165, 1.54) is 0 Å². The minimum Gasteiger partial charge on any atom is -0.467 e. The van der Waals surface area contributed by atoms with Gasteiger partial charge in [-0.3, -0.25) is 9.48 Å². The first-order valence-electron chi connectivity index (χ1n) is 8.53. The maximum atomic E-state index is 12.9. The van der Waals surface area contributed by atoms with Gasteiger partial charge < -0.3 is 14.4 Å². The van der Waals surface area contributed by atoms with Gasteiger partial charge in [-0.05, 0) is 37.0 Å². The normalized spacial score (nSPS) is 19.2. The van der Waals surface area contributed by atoms with E-state index in [1.807, 2.05) is 18.0 Å². The first kappa shape index (κ1) is 16.8. The van der Waals surface area contributed by atoms with Gasteiger partial charge in [0.05, 0.1) is 12.0 Å². The smallest absolute Gasteiger partial charge is 0.272 e. The van der Waals surface area contributed by atoms with Gasteiger partial charge in [-0.15, -0.1) is 0 Å². The van der Waals surface area contributed by atoms with Gasteiger partial charge in [0.1, 0.15) is 17.6 Å². The molecule has 2 aromatic rings. The summed E-state index contributed by atoms with van der Waals surface area (Å²) in [7, 11) is 1.81. The lowest BCUT2D eigenvalue weighted by Crippen LogP contribution is -2.37. The van der Waals surface area contributed by atoms with Crippen LogP contribution in [0.3, 0.4) is 0 Å². The molecule has 1 aliphatic heterocycles. The second-order valence-corrected chi connectivity index (χ2v) is 6.79. The van der Waals surface area contributed by atoms with Crippen LogP contribution in [0.2, 0.25) is 0 Å². The number of hydrogen-bond donors (Lipinski definition) is 1. The first-order chi connectivity index (χ1) is 11.5. The second kappa shape index (κ2) is 6.81. The minimum atomic E-state index is -0.684. The lowest BCUT2D eigenvalue weighted by molar-refractivity contribution is 0.0631. The fourth-order valence-electron chi connectivity index (χ4n) is 3.32. The predicted molar refractivity (Wildman–Crippen MR) is 89.6 cm³/mol. The lowest BCUT2D eigenvalue weighted by Gasteiger charge is -2.26. The van der Waals surface area contributed by atoms with E-state index >= 15 is 0 Å². The highest BCUT2D eigenvalue weighted by Gasteiger charge is 2.33. The molecule has 0 saturated carbocycles. The first-order valence-corrected chi connectivity index (χ1v) is 8.53. The Morgan fingerprint density at radius 2 is 2.29 bits per heavy atom. The SMILES string of the molecule is CC(C)c1cc(C(=O)N2CCCC2CC(O)c2ccco2)n(C)n1. The summed E-state index contributed by atoms with van der Waals surface area (Å²) in [6.45, 7) is 4.85. The Kier molecular flexibility index (Phi) is 4.76. The Morgan fingerprint density at radius 1 is 1.50 bits per heavy atom. The molecule has 130 valence electrons. The van der Waals surface area contributed by atoms with Crippen LogP contribution in [-0.2, 0) is 7.05 Å². The quantitative estimate of drug-likeness (QED) is 0.914. The zero-order valence-corrected chi connectivity index (χ0v) is 14.5. The lowest BCUT2D eigenvalue weighted by atomic mass is 10.0. The Labute approximate surface area is 142 Å². The van der Waals surface area contributed by atoms with Gasteiger partial charge in [0.15, 0.2) is 0 Å². The van der Waals surface area contributed by atoms with Crippen molar-refractivity contribution in [3.8, 4) is 0 Å². The van der Waals surface area contributed by atoms with E-state index in [0.717, 1.165) is 25.1 Å². The largest absolute Gasteiger partial charge is 0.467 e. The summed E-state index contributed by atoms with van der Waals surface area (Å²) in [5, 5.41) is 14.8. The van der Waals surface area contributed by atoms with E-state index in [2.05, 4.69) is 18.9 Å². The molecule has 3 rings (SSSR count). The monoisotopic (exact) mass is 331 g/mol. The van der Waals surface area contributed by atoms with Crippen LogP contribution >= 0.6 is 0 Å². The van der Waals surface area contributed by atoms with Gasteiger partial charge in [0.25, 0.3) is 5.91 Å². The molecule has 2 unspecified atom stereocenters. The van der Waals surface area contributed by atoms with Crippen LogP contribution in [0.1, 0.15) is 67.1 Å². The topological polar surface area (TPSA) is 71.5 Å². The van der Waals surface area contributed by atoms with Gasteiger partial charge >= 0.3 is 0 Å². The van der Waals surface area contributed by atoms with Gasteiger partial charge in [0.2, 0.25) is 0 Å². The number of aromatic nitrogens is 2. The van der Waals surface area contributed by atoms with E-state index in [1.54, 1.807) is 23.1 Å². The zero-order chi connectivity index (χ0) is 17.3. The summed E-state index contributed by atoms with van der Waals surface area (Å²) in [4.78, 5) is 14.8. The van der Waals surface area contributed by atoms with Crippen LogP contribution in [0.5, 0.6) is 0 Å². The van der Waals surface area contributed by atoms with E-state index in [4.69, 9.17) is 4.42 Å². The maximum absolute atomic E-state index is 12.9. The molecule has 1 aliphatic rings. The molecule has 6 nitrogen and oxygen atoms in total. The van der Waals surface area contributed by atoms with Crippen molar-refractivity contribution >= 4 is 5.91 Å². The molecule has 2 aromatic heterocycles. The maximum Gasteiger partial charge on any atom is 0.272 e. The van der Waals surface area contributed by atoms with Crippen molar-refractivity contribution in [2.75, 3.05) is 6.54 Å². The average molecular weight is 331 g/mol. The van der Waals surface area contributed by atoms with Gasteiger partial charge in [-0.2, -0.15) is 5.10 Å². The third kappa shape index (κ3) is 3.24. The molecular formula is C18H25N3O3. The number of aliphatic hydroxyl groups excluding tert-OH is 1. The van der Waals surface area contributed by atoms with Crippen LogP contribution in [0.4, 0.5) is 0 Å². The molecule has 1 fully saturated rings. The summed E-state index contributed by atoms with van der Waals surface area (Å²) < 4.78 is 6.93. The molecule has 1 N–H and O–H groups in total. The summed E-state index contributed by atoms with van der Waals surface area (Å²) in [5.41, 5.74) is 1.53. The molecule has 24 heavy (non-hydrogen) atoms. The van der Waals surface area contributed by atoms with Crippen molar-refractivity contribution in [2.24, 2.45) is 7.05 Å². The number of carbonyl (C=O) groups is 1. The van der Waals surface area contributed by atoms with E-state index < -0.39 is 6.10 Å². The molecule has 0 bridgehead atoms. The van der Waals surface area contributed by atoms with Crippen molar-refractivity contribution in [1.29, 1.82) is 0 Å². The van der Waals surface area contributed by atoms with Crippen molar-refractivity contribution in [3.63, 3.8) is 0 Å². The highest BCUT2D eigenvalue weighted by molar-refractivity contribution is 5.93. The fraction of sp³-hybridized carbons (Fsp3) is 0.556. The van der Waals surface area contributed by atoms with Crippen LogP contribution in [-0.4, -0.2) is 38.3 Å². The minimum absolute atomic E-state index is 0.00829. The highest BCUT2D eigenvalue weighted by Crippen LogP contribution is 2.29. The van der Waals surface area contributed by atoms with Crippen LogP contribution in [0, 0.1) is 0 Å². The Morgan fingerprint density at radius 3 is 2.92 bits per heavy atom. The molecule has 1 amide bonds. The predicted octanol–water partition coefficient (Wildman–Crippen LogP) is 2.86. The third-order valence-electron chi connectivity index (χ3n) is 4.71. The average Bonchev–Trinajstić information content (AvgIpc) is 3.26. The van der Waals surface area contributed by atoms with E-state index in [9.17, 15) is 9.90 Å². The number of aryl methyl sites for hydroxylation is 1. The summed E-state index contributed by atoms with van der Waals surface area (Å²) in [6.07, 6.45) is 3.22. The van der Waals surface area contributed by atoms with Crippen LogP contribution in [0.25, 0.3) is 0 Å². The Bertz CT molecular complexity index is 690. The van der Waals surface area contributed by atoms with Crippen LogP contribution < -0.4 is 0 Å². The van der Waals surface area contributed by atoms with Crippen molar-refractivity contribution in [2.45, 2.75) is 51.2 Å². The standard InChI is InChI=1S/C18H25N3O3/c1-12(2)14-11-15(20(3)19-14)18(23)21-8-4-6-13(21)10-16(22)17-7-5-9-24-17/h5,7,9,11-13,16,22H,4,6,8,10H2,1-3H3. The number of aliphatic hydroxyl groups is 1. The molecule has 0 aromatic carbocycles. The van der Waals surface area contributed by atoms with Gasteiger partial charge in [-0.1, -0.05) is 13.8 Å². The Balaban J connectivity index is 1.74. The molecule has 0 spiro atoms. The van der Waals surface area contributed by atoms with E-state index in [0.29, 0.717) is 17.9 Å². The van der Waals surface area contributed by atoms with E-state index in [-0.39, 0.29) is 17.9 Å². The molecule has 0 aliphatic carbocycles. The van der Waals surface area contributed by atoms with Crippen molar-refractivity contribution < 1.29 is 14.3 Å². The van der Waals surface area contributed by atoms with Crippen molar-refractivity contribution in [3.05, 3.63) is 41.6 Å². The summed E-state index contributed by atoms with van der Waals surface area (Å²) >= 11 is 0. The molecular weight excluding hydrogens is 306 g/mol. The fourth-order valence-corrected chi connectivity index (χ4v) is 3.32. The van der Waals surface area contributed by atoms with Crippen molar-refractivity contribution in [1.82, 2.24) is 14.7 Å². The number of rotatable bonds is 5. The molecule has 6 heteroatoms. The molecule has 2 atom stereocenters. The van der Waals surface area contributed by atoms with Gasteiger partial charge in [-0.25, -0.2) is 0 Å². The number of likely N-dealkylation sites (tertiary alicyclic amines) is 1. The summed E-state index contributed by atoms with van der Waals surface area (Å²) in [6, 6.07) is 5.43. The highest BCUT2D eigenvalue weighted by atomic mass is 16.4. The third-order valence-corrected chi connectivity index (χ3v) is 4.71. The molecule has 3 heterocycles. The van der Waals surface area contributed by atoms with Gasteiger partial charge in [0, 0.05) is 26.1 Å². The molecule has 1 saturated heterocycles. The number of amides is 1. The number of furan rings is 1. The number of carbonyl (C=O) groups excluding carboxylic acids is 1. The number of hydrogen-bond acceptors (Lipinski definition) is 4. The zero-order valence-electron chi connectivity index (χ0n) is 14.5. The van der Waals surface area contributed by atoms with Crippen LogP contribution in [0.15, 0.2) is 28.9 Å². The number of nitrogens with zero attached hydrogens (tertiary/aromatic N) is 3.